The monoisotopic (exact) mass is 946 g/mol. The van der Waals surface area contributed by atoms with Crippen molar-refractivity contribution in [2.24, 2.45) is 0 Å². The molecule has 0 saturated carbocycles. The lowest BCUT2D eigenvalue weighted by molar-refractivity contribution is 1.06. The van der Waals surface area contributed by atoms with Crippen LogP contribution in [0, 0.1) is 0 Å². The van der Waals surface area contributed by atoms with Gasteiger partial charge in [-0.3, -0.25) is 0 Å². The van der Waals surface area contributed by atoms with E-state index in [1.54, 1.807) is 0 Å². The number of benzene rings is 10. The number of hydrogen-bond donors (Lipinski definition) is 0. The van der Waals surface area contributed by atoms with Gasteiger partial charge in [-0.05, 0) is 59.7 Å². The van der Waals surface area contributed by atoms with Gasteiger partial charge in [0.05, 0.1) is 33.4 Å². The van der Waals surface area contributed by atoms with Crippen molar-refractivity contribution in [2.75, 3.05) is 0 Å². The van der Waals surface area contributed by atoms with Crippen molar-refractivity contribution in [1.82, 2.24) is 39.0 Å². The summed E-state index contributed by atoms with van der Waals surface area (Å²) < 4.78 is 4.69. The molecule has 8 heteroatoms. The molecule has 4 aromatic heterocycles. The van der Waals surface area contributed by atoms with Gasteiger partial charge in [0.15, 0.2) is 34.9 Å². The third-order valence-electron chi connectivity index (χ3n) is 13.8. The standard InChI is InChI=1S/C66H42N8/c1-5-21-43(22-6-1)61-67-62(44-23-7-2-8-24-44)70-65(69-61)53-41-47(37-39-59(53)73-55-33-17-13-29-49(55)50-30-14-18-34-56(50)73)48-38-40-60(74-57-35-19-15-31-51(57)52-32-16-20-36-58(52)74)54(42-48)66-71-63(45-25-9-3-10-26-45)68-64(72-66)46-27-11-4-12-28-46/h1-42H. The summed E-state index contributed by atoms with van der Waals surface area (Å²) in [7, 11) is 0. The minimum atomic E-state index is 0.552. The van der Waals surface area contributed by atoms with E-state index in [1.807, 2.05) is 121 Å². The Morgan fingerprint density at radius 2 is 0.446 bits per heavy atom. The van der Waals surface area contributed by atoms with E-state index < -0.39 is 0 Å². The molecule has 0 fully saturated rings. The molecular weight excluding hydrogens is 905 g/mol. The highest BCUT2D eigenvalue weighted by Gasteiger charge is 2.23. The summed E-state index contributed by atoms with van der Waals surface area (Å²) in [5, 5.41) is 4.65. The summed E-state index contributed by atoms with van der Waals surface area (Å²) >= 11 is 0. The summed E-state index contributed by atoms with van der Waals surface area (Å²) in [4.78, 5) is 31.6. The second-order valence-electron chi connectivity index (χ2n) is 18.3. The second kappa shape index (κ2) is 17.9. The molecule has 0 aliphatic carbocycles. The molecule has 0 aliphatic heterocycles. The van der Waals surface area contributed by atoms with E-state index in [4.69, 9.17) is 29.9 Å². The highest BCUT2D eigenvalue weighted by molar-refractivity contribution is 6.11. The molecule has 74 heavy (non-hydrogen) atoms. The van der Waals surface area contributed by atoms with Crippen LogP contribution < -0.4 is 0 Å². The molecule has 0 unspecified atom stereocenters. The summed E-state index contributed by atoms with van der Waals surface area (Å²) in [6.07, 6.45) is 0. The Balaban J connectivity index is 1.05. The van der Waals surface area contributed by atoms with Gasteiger partial charge in [0, 0.05) is 54.9 Å². The van der Waals surface area contributed by atoms with E-state index in [0.717, 1.165) is 99.5 Å². The number of nitrogens with zero attached hydrogens (tertiary/aromatic N) is 8. The molecule has 346 valence electrons. The molecule has 0 N–H and O–H groups in total. The maximum Gasteiger partial charge on any atom is 0.166 e. The Kier molecular flexibility index (Phi) is 10.3. The van der Waals surface area contributed by atoms with Gasteiger partial charge < -0.3 is 9.13 Å². The topological polar surface area (TPSA) is 87.2 Å². The van der Waals surface area contributed by atoms with E-state index in [1.165, 1.54) is 0 Å². The Morgan fingerprint density at radius 3 is 0.730 bits per heavy atom. The average Bonchev–Trinajstić information content (AvgIpc) is 4.00. The molecule has 4 heterocycles. The third kappa shape index (κ3) is 7.40. The highest BCUT2D eigenvalue weighted by Crippen LogP contribution is 2.42. The first-order chi connectivity index (χ1) is 36.7. The van der Waals surface area contributed by atoms with Crippen LogP contribution in [0.1, 0.15) is 0 Å². The lowest BCUT2D eigenvalue weighted by Gasteiger charge is -2.18. The minimum absolute atomic E-state index is 0.552. The Bertz CT molecular complexity index is 3910. The van der Waals surface area contributed by atoms with Crippen LogP contribution in [0.15, 0.2) is 255 Å². The van der Waals surface area contributed by atoms with Crippen molar-refractivity contribution in [3.05, 3.63) is 255 Å². The minimum Gasteiger partial charge on any atom is -0.309 e. The van der Waals surface area contributed by atoms with Crippen molar-refractivity contribution < 1.29 is 0 Å². The van der Waals surface area contributed by atoms with Crippen molar-refractivity contribution in [1.29, 1.82) is 0 Å². The largest absolute Gasteiger partial charge is 0.309 e. The van der Waals surface area contributed by atoms with Crippen molar-refractivity contribution in [3.8, 4) is 90.8 Å². The average molecular weight is 947 g/mol. The normalized spacial score (nSPS) is 11.5. The molecule has 0 spiro atoms. The lowest BCUT2D eigenvalue weighted by atomic mass is 9.97. The quantitative estimate of drug-likeness (QED) is 0.143. The van der Waals surface area contributed by atoms with Crippen LogP contribution in [-0.4, -0.2) is 39.0 Å². The van der Waals surface area contributed by atoms with Gasteiger partial charge in [0.2, 0.25) is 0 Å². The number of rotatable bonds is 9. The van der Waals surface area contributed by atoms with Crippen LogP contribution in [0.2, 0.25) is 0 Å². The third-order valence-corrected chi connectivity index (χ3v) is 13.8. The maximum atomic E-state index is 5.35. The summed E-state index contributed by atoms with van der Waals surface area (Å²) in [5.41, 5.74) is 13.4. The molecule has 0 bridgehead atoms. The number of aromatic nitrogens is 8. The molecule has 14 aromatic rings. The molecule has 10 aromatic carbocycles. The van der Waals surface area contributed by atoms with E-state index in [2.05, 4.69) is 143 Å². The molecule has 0 amide bonds. The summed E-state index contributed by atoms with van der Waals surface area (Å²) in [6, 6.07) is 88.2. The molecular formula is C66H42N8. The maximum absolute atomic E-state index is 5.35. The summed E-state index contributed by atoms with van der Waals surface area (Å²) in [6.45, 7) is 0. The van der Waals surface area contributed by atoms with Gasteiger partial charge in [0.1, 0.15) is 0 Å². The smallest absolute Gasteiger partial charge is 0.166 e. The van der Waals surface area contributed by atoms with E-state index >= 15 is 0 Å². The fraction of sp³-hybridized carbons (Fsp3) is 0. The zero-order valence-electron chi connectivity index (χ0n) is 39.8. The lowest BCUT2D eigenvalue weighted by Crippen LogP contribution is -2.05. The van der Waals surface area contributed by atoms with E-state index in [0.29, 0.717) is 34.9 Å². The SMILES string of the molecule is c1ccc(-c2nc(-c3ccccc3)nc(-c3cc(-c4ccc(-n5c6ccccc6c6ccccc65)c(-c5nc(-c6ccccc6)nc(-c6ccccc6)n5)c4)ccc3-n3c4ccccc4c4ccccc43)n2)cc1. The number of fused-ring (bicyclic) bond motifs is 6. The van der Waals surface area contributed by atoms with Crippen LogP contribution >= 0.6 is 0 Å². The first-order valence-corrected chi connectivity index (χ1v) is 24.7. The predicted octanol–water partition coefficient (Wildman–Crippen LogP) is 15.9. The van der Waals surface area contributed by atoms with Crippen LogP contribution in [0.4, 0.5) is 0 Å². The zero-order valence-corrected chi connectivity index (χ0v) is 39.8. The molecule has 0 radical (unpaired) electrons. The Labute approximate surface area is 426 Å². The van der Waals surface area contributed by atoms with Gasteiger partial charge in [-0.1, -0.05) is 206 Å². The fourth-order valence-corrected chi connectivity index (χ4v) is 10.4. The zero-order chi connectivity index (χ0) is 49.0. The second-order valence-corrected chi connectivity index (χ2v) is 18.3. The van der Waals surface area contributed by atoms with Crippen LogP contribution in [0.25, 0.3) is 134 Å². The van der Waals surface area contributed by atoms with Gasteiger partial charge in [0.25, 0.3) is 0 Å². The van der Waals surface area contributed by atoms with Crippen LogP contribution in [0.3, 0.4) is 0 Å². The predicted molar refractivity (Wildman–Crippen MR) is 300 cm³/mol. The molecule has 0 saturated heterocycles. The molecule has 14 rings (SSSR count). The summed E-state index contributed by atoms with van der Waals surface area (Å²) in [5.74, 6) is 3.45. The highest BCUT2D eigenvalue weighted by atomic mass is 15.1. The van der Waals surface area contributed by atoms with Crippen molar-refractivity contribution in [3.63, 3.8) is 0 Å². The van der Waals surface area contributed by atoms with Crippen LogP contribution in [0.5, 0.6) is 0 Å². The Hall–Kier alpha value is -10.2. The first kappa shape index (κ1) is 42.7. The van der Waals surface area contributed by atoms with Crippen molar-refractivity contribution in [2.45, 2.75) is 0 Å². The number of hydrogen-bond acceptors (Lipinski definition) is 6. The van der Waals surface area contributed by atoms with E-state index in [9.17, 15) is 0 Å². The molecule has 0 aliphatic rings. The van der Waals surface area contributed by atoms with Crippen molar-refractivity contribution >= 4 is 43.6 Å². The fourth-order valence-electron chi connectivity index (χ4n) is 10.4. The van der Waals surface area contributed by atoms with E-state index in [-0.39, 0.29) is 0 Å². The number of para-hydroxylation sites is 4. The molecule has 0 atom stereocenters. The first-order valence-electron chi connectivity index (χ1n) is 24.7. The van der Waals surface area contributed by atoms with Gasteiger partial charge in [-0.2, -0.15) is 0 Å². The Morgan fingerprint density at radius 1 is 0.203 bits per heavy atom. The van der Waals surface area contributed by atoms with Crippen LogP contribution in [-0.2, 0) is 0 Å². The van der Waals surface area contributed by atoms with Gasteiger partial charge >= 0.3 is 0 Å². The van der Waals surface area contributed by atoms with Gasteiger partial charge in [-0.25, -0.2) is 29.9 Å². The van der Waals surface area contributed by atoms with Gasteiger partial charge in [-0.15, -0.1) is 0 Å². The molecule has 8 nitrogen and oxygen atoms in total.